The predicted octanol–water partition coefficient (Wildman–Crippen LogP) is 4.87. The lowest BCUT2D eigenvalue weighted by Crippen LogP contribution is -2.21. The maximum atomic E-state index is 12.2. The normalized spacial score (nSPS) is 10.4. The van der Waals surface area contributed by atoms with Crippen LogP contribution in [0.3, 0.4) is 0 Å². The molecule has 2 aromatic heterocycles. The van der Waals surface area contributed by atoms with Crippen molar-refractivity contribution in [1.82, 2.24) is 15.0 Å². The summed E-state index contributed by atoms with van der Waals surface area (Å²) in [4.78, 5) is 26.2. The van der Waals surface area contributed by atoms with Crippen LogP contribution in [0.2, 0.25) is 0 Å². The molecule has 4 aromatic rings. The molecule has 9 nitrogen and oxygen atoms in total. The van der Waals surface area contributed by atoms with E-state index in [0.29, 0.717) is 23.8 Å². The van der Waals surface area contributed by atoms with Crippen LogP contribution in [0.5, 0.6) is 5.75 Å². The molecule has 0 fully saturated rings. The van der Waals surface area contributed by atoms with Gasteiger partial charge in [0, 0.05) is 18.0 Å². The number of rotatable bonds is 8. The van der Waals surface area contributed by atoms with Gasteiger partial charge in [0.15, 0.2) is 0 Å². The molecular weight excluding hydrogens is 408 g/mol. The van der Waals surface area contributed by atoms with Crippen molar-refractivity contribution in [3.05, 3.63) is 101 Å². The van der Waals surface area contributed by atoms with E-state index in [9.17, 15) is 10.1 Å². The summed E-state index contributed by atoms with van der Waals surface area (Å²) in [5, 5.41) is 15.2. The second kappa shape index (κ2) is 9.52. The largest absolute Gasteiger partial charge is 0.497 e. The number of methoxy groups -OCH3 is 1. The molecule has 4 rings (SSSR count). The van der Waals surface area contributed by atoms with Crippen LogP contribution in [0.1, 0.15) is 5.56 Å². The Morgan fingerprint density at radius 3 is 2.53 bits per heavy atom. The van der Waals surface area contributed by atoms with E-state index < -0.39 is 4.92 Å². The third kappa shape index (κ3) is 4.62. The molecule has 0 aliphatic heterocycles. The van der Waals surface area contributed by atoms with Crippen molar-refractivity contribution in [2.75, 3.05) is 17.3 Å². The van der Waals surface area contributed by atoms with Crippen molar-refractivity contribution in [1.29, 1.82) is 0 Å². The summed E-state index contributed by atoms with van der Waals surface area (Å²) >= 11 is 0. The number of hydrogen-bond donors (Lipinski definition) is 1. The summed E-state index contributed by atoms with van der Waals surface area (Å²) in [7, 11) is 1.55. The predicted molar refractivity (Wildman–Crippen MR) is 121 cm³/mol. The van der Waals surface area contributed by atoms with Gasteiger partial charge in [-0.05, 0) is 29.8 Å². The van der Waals surface area contributed by atoms with Gasteiger partial charge < -0.3 is 15.0 Å². The van der Waals surface area contributed by atoms with Gasteiger partial charge in [-0.3, -0.25) is 10.1 Å². The minimum atomic E-state index is -0.487. The molecule has 0 spiro atoms. The van der Waals surface area contributed by atoms with E-state index in [0.717, 1.165) is 5.56 Å². The molecule has 0 aliphatic carbocycles. The molecule has 0 bridgehead atoms. The van der Waals surface area contributed by atoms with E-state index in [2.05, 4.69) is 20.3 Å². The third-order valence-electron chi connectivity index (χ3n) is 4.68. The molecule has 0 unspecified atom stereocenters. The maximum Gasteiger partial charge on any atom is 0.354 e. The number of anilines is 4. The molecule has 1 N–H and O–H groups in total. The fourth-order valence-corrected chi connectivity index (χ4v) is 3.21. The van der Waals surface area contributed by atoms with Crippen LogP contribution in [0, 0.1) is 10.1 Å². The Balaban J connectivity index is 1.80. The zero-order valence-corrected chi connectivity index (χ0v) is 17.3. The number of nitro groups is 1. The molecule has 2 aromatic carbocycles. The number of aromatic nitrogens is 3. The van der Waals surface area contributed by atoms with Gasteiger partial charge in [-0.2, -0.15) is 0 Å². The van der Waals surface area contributed by atoms with E-state index in [4.69, 9.17) is 4.74 Å². The van der Waals surface area contributed by atoms with Crippen molar-refractivity contribution in [3.63, 3.8) is 0 Å². The summed E-state index contributed by atoms with van der Waals surface area (Å²) in [6.07, 6.45) is 2.93. The van der Waals surface area contributed by atoms with Crippen LogP contribution in [0.4, 0.5) is 28.8 Å². The first kappa shape index (κ1) is 20.7. The Kier molecular flexibility index (Phi) is 6.17. The van der Waals surface area contributed by atoms with Crippen LogP contribution >= 0.6 is 0 Å². The van der Waals surface area contributed by atoms with Crippen molar-refractivity contribution in [2.24, 2.45) is 0 Å². The molecule has 0 radical (unpaired) electrons. The number of hydrogen-bond acceptors (Lipinski definition) is 8. The van der Waals surface area contributed by atoms with Gasteiger partial charge in [0.25, 0.3) is 0 Å². The van der Waals surface area contributed by atoms with Crippen LogP contribution < -0.4 is 15.0 Å². The highest BCUT2D eigenvalue weighted by molar-refractivity contribution is 5.77. The van der Waals surface area contributed by atoms with Gasteiger partial charge in [0.1, 0.15) is 17.9 Å². The van der Waals surface area contributed by atoms with E-state index >= 15 is 0 Å². The van der Waals surface area contributed by atoms with Gasteiger partial charge in [-0.1, -0.05) is 42.5 Å². The van der Waals surface area contributed by atoms with E-state index in [1.54, 1.807) is 54.6 Å². The molecule has 0 saturated heterocycles. The highest BCUT2D eigenvalue weighted by Gasteiger charge is 2.29. The van der Waals surface area contributed by atoms with Gasteiger partial charge in [0.05, 0.1) is 18.6 Å². The first-order chi connectivity index (χ1) is 15.7. The minimum absolute atomic E-state index is 0.0715. The Labute approximate surface area is 184 Å². The van der Waals surface area contributed by atoms with Crippen LogP contribution in [0.25, 0.3) is 0 Å². The molecule has 0 amide bonds. The molecule has 0 aliphatic rings. The second-order valence-corrected chi connectivity index (χ2v) is 6.77. The Morgan fingerprint density at radius 2 is 1.81 bits per heavy atom. The van der Waals surface area contributed by atoms with Crippen molar-refractivity contribution in [2.45, 2.75) is 6.54 Å². The van der Waals surface area contributed by atoms with Crippen molar-refractivity contribution < 1.29 is 9.66 Å². The SMILES string of the molecule is COc1cccc(Nc2ncnc(N(Cc3ccccc3)c3ccccn3)c2[N+](=O)[O-])c1. The fraction of sp³-hybridized carbons (Fsp3) is 0.0870. The average molecular weight is 428 g/mol. The van der Waals surface area contributed by atoms with E-state index in [1.165, 1.54) is 6.33 Å². The number of benzene rings is 2. The first-order valence-corrected chi connectivity index (χ1v) is 9.78. The van der Waals surface area contributed by atoms with Gasteiger partial charge in [0.2, 0.25) is 11.6 Å². The summed E-state index contributed by atoms with van der Waals surface area (Å²) < 4.78 is 5.23. The smallest absolute Gasteiger partial charge is 0.354 e. The highest BCUT2D eigenvalue weighted by atomic mass is 16.6. The lowest BCUT2D eigenvalue weighted by atomic mass is 10.2. The van der Waals surface area contributed by atoms with Gasteiger partial charge in [-0.15, -0.1) is 0 Å². The number of nitrogens with zero attached hydrogens (tertiary/aromatic N) is 5. The quantitative estimate of drug-likeness (QED) is 0.313. The lowest BCUT2D eigenvalue weighted by molar-refractivity contribution is -0.383. The van der Waals surface area contributed by atoms with Crippen molar-refractivity contribution >= 4 is 28.8 Å². The zero-order valence-electron chi connectivity index (χ0n) is 17.3. The molecule has 9 heteroatoms. The minimum Gasteiger partial charge on any atom is -0.497 e. The Bertz CT molecular complexity index is 1200. The monoisotopic (exact) mass is 428 g/mol. The zero-order chi connectivity index (χ0) is 22.3. The third-order valence-corrected chi connectivity index (χ3v) is 4.68. The molecule has 2 heterocycles. The molecular formula is C23H20N6O3. The average Bonchev–Trinajstić information content (AvgIpc) is 2.83. The standard InChI is InChI=1S/C23H20N6O3/c1-32-19-11-7-10-18(14-19)27-22-21(29(30)31)23(26-16-25-22)28(20-12-5-6-13-24-20)15-17-8-3-2-4-9-17/h2-14,16H,15H2,1H3,(H,25,26,27). The Morgan fingerprint density at radius 1 is 1.00 bits per heavy atom. The maximum absolute atomic E-state index is 12.2. The highest BCUT2D eigenvalue weighted by Crippen LogP contribution is 2.37. The molecule has 0 saturated carbocycles. The van der Waals surface area contributed by atoms with Crippen LogP contribution in [-0.4, -0.2) is 27.0 Å². The number of ether oxygens (including phenoxy) is 1. The topological polar surface area (TPSA) is 106 Å². The molecule has 32 heavy (non-hydrogen) atoms. The molecule has 0 atom stereocenters. The fourth-order valence-electron chi connectivity index (χ4n) is 3.21. The molecule has 160 valence electrons. The summed E-state index contributed by atoms with van der Waals surface area (Å²) in [5.74, 6) is 1.36. The number of pyridine rings is 1. The van der Waals surface area contributed by atoms with Gasteiger partial charge >= 0.3 is 5.69 Å². The summed E-state index contributed by atoms with van der Waals surface area (Å²) in [5.41, 5.74) is 1.30. The summed E-state index contributed by atoms with van der Waals surface area (Å²) in [6.45, 7) is 0.342. The summed E-state index contributed by atoms with van der Waals surface area (Å²) in [6, 6.07) is 22.1. The van der Waals surface area contributed by atoms with Crippen LogP contribution in [-0.2, 0) is 6.54 Å². The van der Waals surface area contributed by atoms with E-state index in [1.807, 2.05) is 36.4 Å². The van der Waals surface area contributed by atoms with Crippen molar-refractivity contribution in [3.8, 4) is 5.75 Å². The Hall–Kier alpha value is -4.53. The van der Waals surface area contributed by atoms with E-state index in [-0.39, 0.29) is 17.3 Å². The second-order valence-electron chi connectivity index (χ2n) is 6.77. The lowest BCUT2D eigenvalue weighted by Gasteiger charge is -2.23. The number of nitrogens with one attached hydrogen (secondary N) is 1. The first-order valence-electron chi connectivity index (χ1n) is 9.78. The van der Waals surface area contributed by atoms with Crippen LogP contribution in [0.15, 0.2) is 85.3 Å². The van der Waals surface area contributed by atoms with Gasteiger partial charge in [-0.25, -0.2) is 15.0 Å².